The first kappa shape index (κ1) is 15.1. The van der Waals surface area contributed by atoms with Crippen LogP contribution in [0.25, 0.3) is 0 Å². The number of carbonyl (C=O) groups is 1. The molecule has 0 aromatic heterocycles. The Hall–Kier alpha value is -2.29. The van der Waals surface area contributed by atoms with Crippen LogP contribution in [0.15, 0.2) is 24.3 Å². The number of aryl methyl sites for hydroxylation is 2. The molecule has 0 bridgehead atoms. The maximum Gasteiger partial charge on any atom is 0.197 e. The van der Waals surface area contributed by atoms with Gasteiger partial charge in [-0.05, 0) is 68.1 Å². The van der Waals surface area contributed by atoms with E-state index in [0.717, 1.165) is 27.8 Å². The number of nitrogens with two attached hydrogens (primary N) is 1. The van der Waals surface area contributed by atoms with Gasteiger partial charge in [0.1, 0.15) is 5.75 Å². The number of benzene rings is 2. The molecule has 0 saturated carbocycles. The van der Waals surface area contributed by atoms with Crippen molar-refractivity contribution < 1.29 is 9.53 Å². The Bertz CT molecular complexity index is 691. The molecule has 0 atom stereocenters. The van der Waals surface area contributed by atoms with Gasteiger partial charge in [0.2, 0.25) is 0 Å². The van der Waals surface area contributed by atoms with Crippen molar-refractivity contribution in [3.05, 3.63) is 57.6 Å². The summed E-state index contributed by atoms with van der Waals surface area (Å²) in [6.07, 6.45) is 0. The summed E-state index contributed by atoms with van der Waals surface area (Å²) in [5.41, 5.74) is 11.9. The van der Waals surface area contributed by atoms with Crippen molar-refractivity contribution in [2.75, 3.05) is 12.8 Å². The van der Waals surface area contributed by atoms with Crippen LogP contribution in [0.1, 0.15) is 38.2 Å². The maximum atomic E-state index is 13.0. The Kier molecular flexibility index (Phi) is 4.03. The molecular formula is C18H21NO2. The first-order valence-corrected chi connectivity index (χ1v) is 6.92. The van der Waals surface area contributed by atoms with E-state index < -0.39 is 0 Å². The Morgan fingerprint density at radius 1 is 1.00 bits per heavy atom. The van der Waals surface area contributed by atoms with Gasteiger partial charge in [-0.15, -0.1) is 0 Å². The van der Waals surface area contributed by atoms with Gasteiger partial charge < -0.3 is 10.5 Å². The van der Waals surface area contributed by atoms with Gasteiger partial charge in [-0.25, -0.2) is 0 Å². The summed E-state index contributed by atoms with van der Waals surface area (Å²) in [6.45, 7) is 8.01. The van der Waals surface area contributed by atoms with Crippen molar-refractivity contribution in [3.8, 4) is 5.75 Å². The van der Waals surface area contributed by atoms with Crippen molar-refractivity contribution in [2.45, 2.75) is 27.7 Å². The standard InChI is InChI=1S/C18H21NO2/c1-10-8-11(2)13(4)17(12(10)3)18(20)15-9-14(19)6-7-16(15)21-5/h6-9H,19H2,1-5H3. The second-order valence-electron chi connectivity index (χ2n) is 5.42. The van der Waals surface area contributed by atoms with Crippen molar-refractivity contribution in [2.24, 2.45) is 0 Å². The number of ether oxygens (including phenoxy) is 1. The summed E-state index contributed by atoms with van der Waals surface area (Å²) in [6, 6.07) is 7.25. The molecule has 2 aromatic carbocycles. The monoisotopic (exact) mass is 283 g/mol. The van der Waals surface area contributed by atoms with Crippen LogP contribution in [-0.4, -0.2) is 12.9 Å². The van der Waals surface area contributed by atoms with Gasteiger partial charge in [-0.3, -0.25) is 4.79 Å². The van der Waals surface area contributed by atoms with Crippen LogP contribution in [0.4, 0.5) is 5.69 Å². The smallest absolute Gasteiger partial charge is 0.197 e. The van der Waals surface area contributed by atoms with E-state index >= 15 is 0 Å². The number of anilines is 1. The van der Waals surface area contributed by atoms with E-state index in [4.69, 9.17) is 10.5 Å². The fourth-order valence-electron chi connectivity index (χ4n) is 2.60. The van der Waals surface area contributed by atoms with Crippen LogP contribution in [0.3, 0.4) is 0 Å². The number of hydrogen-bond donors (Lipinski definition) is 1. The highest BCUT2D eigenvalue weighted by Crippen LogP contribution is 2.29. The predicted octanol–water partition coefficient (Wildman–Crippen LogP) is 3.74. The lowest BCUT2D eigenvalue weighted by Crippen LogP contribution is -2.10. The molecule has 3 nitrogen and oxygen atoms in total. The fraction of sp³-hybridized carbons (Fsp3) is 0.278. The second-order valence-corrected chi connectivity index (χ2v) is 5.42. The average Bonchev–Trinajstić information content (AvgIpc) is 2.45. The van der Waals surface area contributed by atoms with Crippen molar-refractivity contribution >= 4 is 11.5 Å². The normalized spacial score (nSPS) is 10.5. The molecule has 2 aromatic rings. The van der Waals surface area contributed by atoms with Crippen molar-refractivity contribution in [3.63, 3.8) is 0 Å². The van der Waals surface area contributed by atoms with E-state index in [1.54, 1.807) is 25.3 Å². The molecule has 0 heterocycles. The summed E-state index contributed by atoms with van der Waals surface area (Å²) in [4.78, 5) is 13.0. The molecule has 3 heteroatoms. The molecule has 0 amide bonds. The second kappa shape index (κ2) is 5.60. The van der Waals surface area contributed by atoms with Gasteiger partial charge >= 0.3 is 0 Å². The number of ketones is 1. The number of carbonyl (C=O) groups excluding carboxylic acids is 1. The summed E-state index contributed by atoms with van der Waals surface area (Å²) in [5, 5.41) is 0. The van der Waals surface area contributed by atoms with Gasteiger partial charge in [-0.2, -0.15) is 0 Å². The fourth-order valence-corrected chi connectivity index (χ4v) is 2.60. The highest BCUT2D eigenvalue weighted by Gasteiger charge is 2.20. The Morgan fingerprint density at radius 3 is 2.10 bits per heavy atom. The van der Waals surface area contributed by atoms with Crippen LogP contribution < -0.4 is 10.5 Å². The minimum atomic E-state index is -0.0408. The van der Waals surface area contributed by atoms with Gasteiger partial charge in [0.15, 0.2) is 5.78 Å². The molecular weight excluding hydrogens is 262 g/mol. The molecule has 21 heavy (non-hydrogen) atoms. The highest BCUT2D eigenvalue weighted by atomic mass is 16.5. The summed E-state index contributed by atoms with van der Waals surface area (Å²) in [7, 11) is 1.56. The Balaban J connectivity index is 2.69. The van der Waals surface area contributed by atoms with E-state index in [1.165, 1.54) is 0 Å². The van der Waals surface area contributed by atoms with Crippen molar-refractivity contribution in [1.29, 1.82) is 0 Å². The van der Waals surface area contributed by atoms with E-state index in [1.807, 2.05) is 27.7 Å². The van der Waals surface area contributed by atoms with Crippen LogP contribution in [0, 0.1) is 27.7 Å². The average molecular weight is 283 g/mol. The number of rotatable bonds is 3. The van der Waals surface area contributed by atoms with Crippen LogP contribution in [-0.2, 0) is 0 Å². The zero-order chi connectivity index (χ0) is 15.7. The van der Waals surface area contributed by atoms with E-state index in [2.05, 4.69) is 6.07 Å². The summed E-state index contributed by atoms with van der Waals surface area (Å²) >= 11 is 0. The quantitative estimate of drug-likeness (QED) is 0.689. The lowest BCUT2D eigenvalue weighted by molar-refractivity contribution is 0.103. The third kappa shape index (κ3) is 2.64. The number of hydrogen-bond acceptors (Lipinski definition) is 3. The molecule has 0 spiro atoms. The lowest BCUT2D eigenvalue weighted by Gasteiger charge is -2.16. The van der Waals surface area contributed by atoms with E-state index in [9.17, 15) is 4.79 Å². The molecule has 0 aliphatic carbocycles. The Morgan fingerprint density at radius 2 is 1.57 bits per heavy atom. The molecule has 0 unspecified atom stereocenters. The molecule has 0 saturated heterocycles. The molecule has 0 fully saturated rings. The zero-order valence-corrected chi connectivity index (χ0v) is 13.2. The molecule has 0 radical (unpaired) electrons. The van der Waals surface area contributed by atoms with E-state index in [-0.39, 0.29) is 5.78 Å². The maximum absolute atomic E-state index is 13.0. The minimum Gasteiger partial charge on any atom is -0.496 e. The summed E-state index contributed by atoms with van der Waals surface area (Å²) < 4.78 is 5.31. The lowest BCUT2D eigenvalue weighted by atomic mass is 9.89. The first-order valence-electron chi connectivity index (χ1n) is 6.92. The van der Waals surface area contributed by atoms with Gasteiger partial charge in [0, 0.05) is 11.3 Å². The van der Waals surface area contributed by atoms with Gasteiger partial charge in [-0.1, -0.05) is 6.07 Å². The third-order valence-corrected chi connectivity index (χ3v) is 4.06. The molecule has 0 aliphatic rings. The SMILES string of the molecule is COc1ccc(N)cc1C(=O)c1c(C)c(C)cc(C)c1C. The van der Waals surface area contributed by atoms with Crippen LogP contribution in [0.2, 0.25) is 0 Å². The first-order chi connectivity index (χ1) is 9.86. The summed E-state index contributed by atoms with van der Waals surface area (Å²) in [5.74, 6) is 0.508. The largest absolute Gasteiger partial charge is 0.496 e. The predicted molar refractivity (Wildman–Crippen MR) is 86.2 cm³/mol. The van der Waals surface area contributed by atoms with Gasteiger partial charge in [0.25, 0.3) is 0 Å². The molecule has 2 N–H and O–H groups in total. The van der Waals surface area contributed by atoms with Crippen molar-refractivity contribution in [1.82, 2.24) is 0 Å². The minimum absolute atomic E-state index is 0.0408. The highest BCUT2D eigenvalue weighted by molar-refractivity contribution is 6.13. The Labute approximate surface area is 125 Å². The molecule has 0 aliphatic heterocycles. The van der Waals surface area contributed by atoms with Gasteiger partial charge in [0.05, 0.1) is 12.7 Å². The third-order valence-electron chi connectivity index (χ3n) is 4.06. The number of nitrogen functional groups attached to an aromatic ring is 1. The molecule has 2 rings (SSSR count). The zero-order valence-electron chi connectivity index (χ0n) is 13.2. The topological polar surface area (TPSA) is 52.3 Å². The van der Waals surface area contributed by atoms with E-state index in [0.29, 0.717) is 17.0 Å². The van der Waals surface area contributed by atoms with Crippen LogP contribution in [0.5, 0.6) is 5.75 Å². The number of methoxy groups -OCH3 is 1. The van der Waals surface area contributed by atoms with Crippen LogP contribution >= 0.6 is 0 Å². The molecule has 110 valence electrons.